The highest BCUT2D eigenvalue weighted by Gasteiger charge is 2.14. The second kappa shape index (κ2) is 6.01. The van der Waals surface area contributed by atoms with E-state index in [0.29, 0.717) is 17.2 Å². The first kappa shape index (κ1) is 13.1. The van der Waals surface area contributed by atoms with Gasteiger partial charge in [0.15, 0.2) is 5.75 Å². The molecule has 0 fully saturated rings. The molecule has 0 unspecified atom stereocenters. The van der Waals surface area contributed by atoms with Crippen molar-refractivity contribution in [2.24, 2.45) is 0 Å². The summed E-state index contributed by atoms with van der Waals surface area (Å²) in [4.78, 5) is 0. The Balaban J connectivity index is 1.92. The molecule has 0 saturated carbocycles. The van der Waals surface area contributed by atoms with Gasteiger partial charge in [-0.1, -0.05) is 42.5 Å². The number of hydrogen-bond donors (Lipinski definition) is 0. The van der Waals surface area contributed by atoms with Gasteiger partial charge in [-0.2, -0.15) is 0 Å². The van der Waals surface area contributed by atoms with Crippen molar-refractivity contribution in [1.82, 2.24) is 0 Å². The van der Waals surface area contributed by atoms with Crippen LogP contribution in [0.1, 0.15) is 0 Å². The van der Waals surface area contributed by atoms with Crippen LogP contribution in [0.2, 0.25) is 0 Å². The lowest BCUT2D eigenvalue weighted by Crippen LogP contribution is -1.90. The fourth-order valence-electron chi connectivity index (χ4n) is 1.90. The lowest BCUT2D eigenvalue weighted by molar-refractivity contribution is 0.320. The highest BCUT2D eigenvalue weighted by atomic mass is 16.5. The maximum Gasteiger partial charge on any atom is 0.224 e. The smallest absolute Gasteiger partial charge is 0.224 e. The molecule has 103 valence electrons. The second-order valence-corrected chi connectivity index (χ2v) is 4.41. The van der Waals surface area contributed by atoms with E-state index < -0.39 is 0 Å². The summed E-state index contributed by atoms with van der Waals surface area (Å²) >= 11 is 0. The van der Waals surface area contributed by atoms with Crippen LogP contribution in [0.15, 0.2) is 78.9 Å². The number of ether oxygens (including phenoxy) is 2. The summed E-state index contributed by atoms with van der Waals surface area (Å²) in [6.07, 6.45) is 0. The van der Waals surface area contributed by atoms with Crippen LogP contribution in [0.25, 0.3) is 0 Å². The fraction of sp³-hybridized carbons (Fsp3) is 0. The molecule has 0 N–H and O–H groups in total. The van der Waals surface area contributed by atoms with Crippen molar-refractivity contribution in [2.75, 3.05) is 0 Å². The third kappa shape index (κ3) is 3.15. The zero-order chi connectivity index (χ0) is 14.5. The summed E-state index contributed by atoms with van der Waals surface area (Å²) in [6, 6.07) is 23.3. The largest absolute Gasteiger partial charge is 0.453 e. The Hall–Kier alpha value is -2.94. The Bertz CT molecular complexity index is 709. The molecule has 3 rings (SSSR count). The summed E-state index contributed by atoms with van der Waals surface area (Å²) in [6.45, 7) is 0. The van der Waals surface area contributed by atoms with Crippen LogP contribution in [-0.4, -0.2) is 0 Å². The molecular weight excluding hydrogens is 264 g/mol. The van der Waals surface area contributed by atoms with Gasteiger partial charge in [-0.3, -0.25) is 5.11 Å². The summed E-state index contributed by atoms with van der Waals surface area (Å²) in [5.41, 5.74) is 0. The summed E-state index contributed by atoms with van der Waals surface area (Å²) in [5, 5.41) is 12.0. The van der Waals surface area contributed by atoms with Crippen LogP contribution in [0.3, 0.4) is 0 Å². The van der Waals surface area contributed by atoms with Crippen LogP contribution in [0.4, 0.5) is 0 Å². The van der Waals surface area contributed by atoms with E-state index in [9.17, 15) is 5.11 Å². The Morgan fingerprint density at radius 2 is 1.14 bits per heavy atom. The predicted octanol–water partition coefficient (Wildman–Crippen LogP) is 5.42. The van der Waals surface area contributed by atoms with E-state index >= 15 is 0 Å². The minimum Gasteiger partial charge on any atom is -0.453 e. The van der Waals surface area contributed by atoms with E-state index in [4.69, 9.17) is 9.47 Å². The van der Waals surface area contributed by atoms with E-state index in [2.05, 4.69) is 0 Å². The minimum absolute atomic E-state index is 0.188. The van der Waals surface area contributed by atoms with Crippen molar-refractivity contribution in [2.45, 2.75) is 0 Å². The molecule has 3 aromatic carbocycles. The zero-order valence-corrected chi connectivity index (χ0v) is 11.2. The number of rotatable bonds is 4. The maximum absolute atomic E-state index is 12.0. The van der Waals surface area contributed by atoms with E-state index in [1.165, 1.54) is 6.07 Å². The molecule has 0 saturated heterocycles. The Kier molecular flexibility index (Phi) is 3.74. The Morgan fingerprint density at radius 3 is 1.76 bits per heavy atom. The lowest BCUT2D eigenvalue weighted by Gasteiger charge is -2.12. The molecule has 3 heteroatoms. The highest BCUT2D eigenvalue weighted by Crippen LogP contribution is 2.41. The molecule has 0 atom stereocenters. The van der Waals surface area contributed by atoms with Crippen molar-refractivity contribution in [3.05, 3.63) is 78.9 Å². The first-order valence-corrected chi connectivity index (χ1v) is 6.59. The Morgan fingerprint density at radius 1 is 0.571 bits per heavy atom. The molecule has 0 heterocycles. The third-order valence-corrected chi connectivity index (χ3v) is 2.88. The van der Waals surface area contributed by atoms with Gasteiger partial charge in [0.05, 0.1) is 0 Å². The minimum atomic E-state index is -0.215. The van der Waals surface area contributed by atoms with Gasteiger partial charge < -0.3 is 9.47 Å². The first-order chi connectivity index (χ1) is 10.3. The number of hydrogen-bond acceptors (Lipinski definition) is 2. The summed E-state index contributed by atoms with van der Waals surface area (Å²) in [5.74, 6) is 1.62. The molecule has 1 radical (unpaired) electrons. The lowest BCUT2D eigenvalue weighted by atomic mass is 10.2. The van der Waals surface area contributed by atoms with Crippen LogP contribution >= 0.6 is 0 Å². The van der Waals surface area contributed by atoms with Crippen LogP contribution in [-0.2, 0) is 5.11 Å². The quantitative estimate of drug-likeness (QED) is 0.639. The average Bonchev–Trinajstić information content (AvgIpc) is 2.53. The average molecular weight is 277 g/mol. The molecule has 0 aromatic heterocycles. The first-order valence-electron chi connectivity index (χ1n) is 6.59. The van der Waals surface area contributed by atoms with Gasteiger partial charge in [-0.05, 0) is 36.4 Å². The van der Waals surface area contributed by atoms with Gasteiger partial charge in [0.25, 0.3) is 0 Å². The summed E-state index contributed by atoms with van der Waals surface area (Å²) in [7, 11) is 0. The van der Waals surface area contributed by atoms with E-state index in [1.807, 2.05) is 48.5 Å². The second-order valence-electron chi connectivity index (χ2n) is 4.41. The maximum atomic E-state index is 12.0. The van der Waals surface area contributed by atoms with Crippen molar-refractivity contribution in [3.63, 3.8) is 0 Å². The number of benzene rings is 3. The molecule has 0 aliphatic heterocycles. The van der Waals surface area contributed by atoms with E-state index in [-0.39, 0.29) is 11.5 Å². The van der Waals surface area contributed by atoms with E-state index in [1.54, 1.807) is 24.3 Å². The molecule has 0 spiro atoms. The normalized spacial score (nSPS) is 10.1. The van der Waals surface area contributed by atoms with Crippen molar-refractivity contribution in [3.8, 4) is 28.7 Å². The van der Waals surface area contributed by atoms with Gasteiger partial charge in [0.2, 0.25) is 11.5 Å². The molecule has 0 bridgehead atoms. The fourth-order valence-corrected chi connectivity index (χ4v) is 1.90. The van der Waals surface area contributed by atoms with Gasteiger partial charge in [-0.25, -0.2) is 0 Å². The van der Waals surface area contributed by atoms with Gasteiger partial charge in [0.1, 0.15) is 11.5 Å². The SMILES string of the molecule is [O]c1cccc(Oc2ccccc2)c1Oc1ccccc1. The molecule has 3 nitrogen and oxygen atoms in total. The van der Waals surface area contributed by atoms with E-state index in [0.717, 1.165) is 0 Å². The van der Waals surface area contributed by atoms with Crippen LogP contribution in [0, 0.1) is 0 Å². The van der Waals surface area contributed by atoms with Crippen molar-refractivity contribution in [1.29, 1.82) is 0 Å². The summed E-state index contributed by atoms with van der Waals surface area (Å²) < 4.78 is 11.4. The van der Waals surface area contributed by atoms with Gasteiger partial charge >= 0.3 is 0 Å². The van der Waals surface area contributed by atoms with Crippen molar-refractivity contribution < 1.29 is 14.6 Å². The van der Waals surface area contributed by atoms with Crippen LogP contribution < -0.4 is 9.47 Å². The molecular formula is C18H13O3. The van der Waals surface area contributed by atoms with Crippen molar-refractivity contribution >= 4 is 0 Å². The van der Waals surface area contributed by atoms with Gasteiger partial charge in [0, 0.05) is 0 Å². The number of para-hydroxylation sites is 3. The zero-order valence-electron chi connectivity index (χ0n) is 11.2. The Labute approximate surface area is 123 Å². The third-order valence-electron chi connectivity index (χ3n) is 2.88. The predicted molar refractivity (Wildman–Crippen MR) is 79.6 cm³/mol. The molecule has 21 heavy (non-hydrogen) atoms. The molecule has 0 amide bonds. The van der Waals surface area contributed by atoms with Crippen LogP contribution in [0.5, 0.6) is 28.7 Å². The molecule has 0 aliphatic rings. The van der Waals surface area contributed by atoms with Gasteiger partial charge in [-0.15, -0.1) is 0 Å². The standard InChI is InChI=1S/C18H13O3/c19-16-12-7-13-17(20-14-8-3-1-4-9-14)18(16)21-15-10-5-2-6-11-15/h1-13H. The highest BCUT2D eigenvalue weighted by molar-refractivity contribution is 5.53. The monoisotopic (exact) mass is 277 g/mol. The molecule has 3 aromatic rings. The topological polar surface area (TPSA) is 38.4 Å². The molecule has 0 aliphatic carbocycles.